The molecule has 13 heteroatoms. The van der Waals surface area contributed by atoms with Crippen LogP contribution in [0.15, 0.2) is 30.6 Å². The predicted octanol–water partition coefficient (Wildman–Crippen LogP) is 0.830. The Bertz CT molecular complexity index is 1220. The number of rotatable bonds is 4. The highest BCUT2D eigenvalue weighted by molar-refractivity contribution is 5.83. The van der Waals surface area contributed by atoms with Gasteiger partial charge in [0.05, 0.1) is 25.6 Å². The molecule has 0 amide bonds. The minimum absolute atomic E-state index is 0.0707. The molecule has 0 spiro atoms. The van der Waals surface area contributed by atoms with Gasteiger partial charge in [-0.15, -0.1) is 0 Å². The lowest BCUT2D eigenvalue weighted by molar-refractivity contribution is -0.137. The van der Waals surface area contributed by atoms with Gasteiger partial charge in [-0.2, -0.15) is 18.2 Å². The molecular weight excluding hydrogens is 447 g/mol. The normalized spacial score (nSPS) is 22.9. The van der Waals surface area contributed by atoms with Gasteiger partial charge in [0.2, 0.25) is 5.82 Å². The number of alkyl halides is 3. The Morgan fingerprint density at radius 3 is 2.61 bits per heavy atom. The number of aromatic nitrogens is 4. The summed E-state index contributed by atoms with van der Waals surface area (Å²) in [6, 6.07) is 4.84. The van der Waals surface area contributed by atoms with Crippen molar-refractivity contribution in [3.05, 3.63) is 47.5 Å². The SMILES string of the molecule is CONc1nc(C#Cc2ccccc2C(F)(F)F)nc2c1ncn2[C@@H]1O[C@H](CO)[C@@H](O)[C@H]1O. The van der Waals surface area contributed by atoms with Gasteiger partial charge in [-0.1, -0.05) is 18.1 Å². The Morgan fingerprint density at radius 1 is 1.18 bits per heavy atom. The summed E-state index contributed by atoms with van der Waals surface area (Å²) in [6.45, 7) is -0.526. The van der Waals surface area contributed by atoms with Gasteiger partial charge in [0.1, 0.15) is 18.3 Å². The average molecular weight is 465 g/mol. The molecule has 1 saturated heterocycles. The van der Waals surface area contributed by atoms with E-state index in [1.165, 1.54) is 36.2 Å². The average Bonchev–Trinajstić information content (AvgIpc) is 3.33. The molecule has 2 aromatic heterocycles. The number of aliphatic hydroxyl groups excluding tert-OH is 3. The molecule has 4 N–H and O–H groups in total. The number of nitrogens with one attached hydrogen (secondary N) is 1. The fourth-order valence-corrected chi connectivity index (χ4v) is 3.40. The lowest BCUT2D eigenvalue weighted by Gasteiger charge is -2.16. The van der Waals surface area contributed by atoms with Crippen LogP contribution in [0.4, 0.5) is 19.0 Å². The molecule has 1 aliphatic heterocycles. The van der Waals surface area contributed by atoms with Crippen LogP contribution in [-0.4, -0.2) is 66.9 Å². The van der Waals surface area contributed by atoms with Crippen molar-refractivity contribution in [2.24, 2.45) is 0 Å². The Labute approximate surface area is 184 Å². The van der Waals surface area contributed by atoms with E-state index in [0.29, 0.717) is 0 Å². The predicted molar refractivity (Wildman–Crippen MR) is 106 cm³/mol. The van der Waals surface area contributed by atoms with Crippen molar-refractivity contribution < 1.29 is 38.1 Å². The van der Waals surface area contributed by atoms with Crippen LogP contribution in [0.25, 0.3) is 11.2 Å². The topological polar surface area (TPSA) is 135 Å². The smallest absolute Gasteiger partial charge is 0.394 e. The van der Waals surface area contributed by atoms with Gasteiger partial charge in [0.25, 0.3) is 0 Å². The number of anilines is 1. The van der Waals surface area contributed by atoms with E-state index in [0.717, 1.165) is 6.07 Å². The van der Waals surface area contributed by atoms with Crippen LogP contribution in [0.5, 0.6) is 0 Å². The third-order valence-electron chi connectivity index (χ3n) is 4.95. The fraction of sp³-hybridized carbons (Fsp3) is 0.350. The van der Waals surface area contributed by atoms with Crippen LogP contribution in [0.3, 0.4) is 0 Å². The van der Waals surface area contributed by atoms with E-state index >= 15 is 0 Å². The number of nitrogens with zero attached hydrogens (tertiary/aromatic N) is 4. The third kappa shape index (κ3) is 4.34. The first-order valence-electron chi connectivity index (χ1n) is 9.59. The van der Waals surface area contributed by atoms with Crippen LogP contribution in [-0.2, 0) is 15.8 Å². The first kappa shape index (κ1) is 22.9. The molecule has 1 aromatic carbocycles. The number of halogens is 3. The summed E-state index contributed by atoms with van der Waals surface area (Å²) >= 11 is 0. The van der Waals surface area contributed by atoms with Gasteiger partial charge in [0, 0.05) is 5.56 Å². The second-order valence-corrected chi connectivity index (χ2v) is 7.05. The zero-order chi connectivity index (χ0) is 23.8. The molecule has 0 unspecified atom stereocenters. The molecule has 10 nitrogen and oxygen atoms in total. The summed E-state index contributed by atoms with van der Waals surface area (Å²) in [5.41, 5.74) is 1.64. The largest absolute Gasteiger partial charge is 0.417 e. The maximum absolute atomic E-state index is 13.2. The fourth-order valence-electron chi connectivity index (χ4n) is 3.40. The first-order chi connectivity index (χ1) is 15.7. The van der Waals surface area contributed by atoms with Gasteiger partial charge >= 0.3 is 6.18 Å². The Morgan fingerprint density at radius 2 is 1.94 bits per heavy atom. The molecule has 1 aliphatic rings. The van der Waals surface area contributed by atoms with Crippen LogP contribution in [0.2, 0.25) is 0 Å². The van der Waals surface area contributed by atoms with Crippen molar-refractivity contribution in [2.45, 2.75) is 30.7 Å². The number of benzene rings is 1. The molecule has 4 atom stereocenters. The van der Waals surface area contributed by atoms with Crippen LogP contribution < -0.4 is 5.48 Å². The van der Waals surface area contributed by atoms with Crippen molar-refractivity contribution in [2.75, 3.05) is 19.2 Å². The highest BCUT2D eigenvalue weighted by Gasteiger charge is 2.44. The van der Waals surface area contributed by atoms with Gasteiger partial charge in [-0.25, -0.2) is 15.4 Å². The highest BCUT2D eigenvalue weighted by atomic mass is 19.4. The van der Waals surface area contributed by atoms with Crippen molar-refractivity contribution in [1.82, 2.24) is 19.5 Å². The maximum Gasteiger partial charge on any atom is 0.417 e. The Balaban J connectivity index is 1.80. The van der Waals surface area contributed by atoms with Gasteiger partial charge in [0.15, 0.2) is 23.2 Å². The van der Waals surface area contributed by atoms with Gasteiger partial charge in [-0.05, 0) is 18.1 Å². The summed E-state index contributed by atoms with van der Waals surface area (Å²) < 4.78 is 46.6. The van der Waals surface area contributed by atoms with E-state index in [2.05, 4.69) is 32.3 Å². The molecule has 3 heterocycles. The van der Waals surface area contributed by atoms with E-state index in [9.17, 15) is 28.5 Å². The van der Waals surface area contributed by atoms with Crippen molar-refractivity contribution in [3.63, 3.8) is 0 Å². The molecule has 1 fully saturated rings. The molecular formula is C20H18F3N5O5. The van der Waals surface area contributed by atoms with E-state index in [4.69, 9.17) is 9.57 Å². The lowest BCUT2D eigenvalue weighted by atomic mass is 10.1. The number of fused-ring (bicyclic) bond motifs is 1. The molecule has 0 saturated carbocycles. The summed E-state index contributed by atoms with van der Waals surface area (Å²) in [5, 5.41) is 29.7. The van der Waals surface area contributed by atoms with Crippen LogP contribution in [0, 0.1) is 11.8 Å². The van der Waals surface area contributed by atoms with Crippen LogP contribution in [0.1, 0.15) is 23.2 Å². The van der Waals surface area contributed by atoms with Gasteiger partial charge < -0.3 is 20.1 Å². The minimum Gasteiger partial charge on any atom is -0.394 e. The zero-order valence-electron chi connectivity index (χ0n) is 17.0. The Kier molecular flexibility index (Phi) is 6.19. The minimum atomic E-state index is -4.59. The molecule has 0 radical (unpaired) electrons. The standard InChI is InChI=1S/C20H18F3N5O5/c1-32-27-17-14-18(28(9-24-14)19-16(31)15(30)12(8-29)33-19)26-13(25-17)7-6-10-4-2-3-5-11(10)20(21,22)23/h2-5,9,12,15-16,19,29-31H,8H2,1H3,(H,25,26,27)/t12-,15-,16-,19-/m1/s1. The number of aliphatic hydroxyl groups is 3. The van der Waals surface area contributed by atoms with E-state index < -0.39 is 42.9 Å². The molecule has 0 bridgehead atoms. The van der Waals surface area contributed by atoms with Gasteiger partial charge in [-0.3, -0.25) is 9.40 Å². The van der Waals surface area contributed by atoms with Crippen molar-refractivity contribution in [3.8, 4) is 11.8 Å². The molecule has 4 rings (SSSR count). The first-order valence-corrected chi connectivity index (χ1v) is 9.59. The molecule has 33 heavy (non-hydrogen) atoms. The second kappa shape index (κ2) is 8.93. The Hall–Kier alpha value is -3.28. The number of hydrogen-bond donors (Lipinski definition) is 4. The van der Waals surface area contributed by atoms with Crippen LogP contribution >= 0.6 is 0 Å². The summed E-state index contributed by atoms with van der Waals surface area (Å²) in [6.07, 6.45) is -8.23. The quantitative estimate of drug-likeness (QED) is 0.326. The number of ether oxygens (including phenoxy) is 1. The van der Waals surface area contributed by atoms with Crippen molar-refractivity contribution in [1.29, 1.82) is 0 Å². The summed E-state index contributed by atoms with van der Waals surface area (Å²) in [5.74, 6) is 4.86. The van der Waals surface area contributed by atoms with E-state index in [1.807, 2.05) is 0 Å². The lowest BCUT2D eigenvalue weighted by Crippen LogP contribution is -2.33. The number of imidazole rings is 1. The second-order valence-electron chi connectivity index (χ2n) is 7.05. The summed E-state index contributed by atoms with van der Waals surface area (Å²) in [4.78, 5) is 17.4. The molecule has 0 aliphatic carbocycles. The third-order valence-corrected chi connectivity index (χ3v) is 4.95. The van der Waals surface area contributed by atoms with E-state index in [-0.39, 0.29) is 28.4 Å². The molecule has 174 valence electrons. The zero-order valence-corrected chi connectivity index (χ0v) is 17.0. The van der Waals surface area contributed by atoms with Crippen molar-refractivity contribution >= 4 is 17.0 Å². The molecule has 3 aromatic rings. The number of hydrogen-bond acceptors (Lipinski definition) is 9. The maximum atomic E-state index is 13.2. The summed E-state index contributed by atoms with van der Waals surface area (Å²) in [7, 11) is 1.32. The highest BCUT2D eigenvalue weighted by Crippen LogP contribution is 2.33. The monoisotopic (exact) mass is 465 g/mol. The van der Waals surface area contributed by atoms with E-state index in [1.54, 1.807) is 0 Å².